The zero-order valence-corrected chi connectivity index (χ0v) is 12.3. The highest BCUT2D eigenvalue weighted by Crippen LogP contribution is 2.45. The van der Waals surface area contributed by atoms with Gasteiger partial charge in [0.15, 0.2) is 0 Å². The van der Waals surface area contributed by atoms with E-state index in [0.717, 1.165) is 11.1 Å². The molecule has 5 heteroatoms. The molecule has 1 saturated heterocycles. The fraction of sp³-hybridized carbons (Fsp3) is 0.533. The summed E-state index contributed by atoms with van der Waals surface area (Å²) in [5, 5.41) is 13.4. The second kappa shape index (κ2) is 4.45. The molecule has 1 aromatic rings. The van der Waals surface area contributed by atoms with E-state index in [1.54, 1.807) is 6.92 Å². The van der Waals surface area contributed by atoms with Crippen LogP contribution in [0.15, 0.2) is 18.2 Å². The van der Waals surface area contributed by atoms with E-state index in [4.69, 9.17) is 16.3 Å². The van der Waals surface area contributed by atoms with Crippen molar-refractivity contribution in [2.45, 2.75) is 37.3 Å². The van der Waals surface area contributed by atoms with Gasteiger partial charge in [0.25, 0.3) is 0 Å². The normalized spacial score (nSPS) is 28.5. The molecule has 0 saturated carbocycles. The average molecular weight is 296 g/mol. The Hall–Kier alpha value is -1.10. The lowest BCUT2D eigenvalue weighted by Crippen LogP contribution is -2.66. The summed E-state index contributed by atoms with van der Waals surface area (Å²) in [6, 6.07) is 5.64. The van der Waals surface area contributed by atoms with Crippen LogP contribution < -0.4 is 5.32 Å². The van der Waals surface area contributed by atoms with Gasteiger partial charge < -0.3 is 15.2 Å². The number of halogens is 1. The standard InChI is InChI=1S/C15H18ClNO3/c1-9(18)6-14(2)12-5-10(16)3-4-11(12)15(7-20-8-15)17-13(14)19/h3-5,9,18H,6-8H2,1-2H3,(H,17,19)/t9-,14-/m1/s1. The molecule has 1 aromatic carbocycles. The zero-order valence-electron chi connectivity index (χ0n) is 11.6. The predicted molar refractivity (Wildman–Crippen MR) is 75.7 cm³/mol. The molecule has 0 bridgehead atoms. The van der Waals surface area contributed by atoms with E-state index in [0.29, 0.717) is 24.7 Å². The summed E-state index contributed by atoms with van der Waals surface area (Å²) in [5.41, 5.74) is 0.763. The first-order chi connectivity index (χ1) is 9.37. The fourth-order valence-electron chi connectivity index (χ4n) is 3.26. The number of nitrogens with one attached hydrogen (secondary N) is 1. The molecule has 2 aliphatic rings. The monoisotopic (exact) mass is 295 g/mol. The summed E-state index contributed by atoms with van der Waals surface area (Å²) < 4.78 is 5.30. The molecule has 4 nitrogen and oxygen atoms in total. The Morgan fingerprint density at radius 2 is 2.15 bits per heavy atom. The van der Waals surface area contributed by atoms with Crippen LogP contribution in [-0.4, -0.2) is 30.3 Å². The van der Waals surface area contributed by atoms with Crippen LogP contribution in [0, 0.1) is 0 Å². The number of ether oxygens (including phenoxy) is 1. The smallest absolute Gasteiger partial charge is 0.231 e. The van der Waals surface area contributed by atoms with Gasteiger partial charge in [0.1, 0.15) is 5.54 Å². The first kappa shape index (κ1) is 13.9. The topological polar surface area (TPSA) is 58.6 Å². The maximum atomic E-state index is 12.6. The molecule has 0 radical (unpaired) electrons. The lowest BCUT2D eigenvalue weighted by atomic mass is 9.67. The number of carbonyl (C=O) groups is 1. The van der Waals surface area contributed by atoms with Gasteiger partial charge in [0.05, 0.1) is 24.7 Å². The molecule has 1 fully saturated rings. The second-order valence-electron chi connectivity index (χ2n) is 6.10. The van der Waals surface area contributed by atoms with Crippen LogP contribution in [0.3, 0.4) is 0 Å². The molecule has 0 aromatic heterocycles. The molecule has 0 unspecified atom stereocenters. The molecule has 1 spiro atoms. The molecular formula is C15H18ClNO3. The van der Waals surface area contributed by atoms with Gasteiger partial charge >= 0.3 is 0 Å². The lowest BCUT2D eigenvalue weighted by Gasteiger charge is -2.51. The third kappa shape index (κ3) is 1.86. The van der Waals surface area contributed by atoms with Crippen molar-refractivity contribution in [2.75, 3.05) is 13.2 Å². The Kier molecular flexibility index (Phi) is 3.08. The number of hydrogen-bond acceptors (Lipinski definition) is 3. The SMILES string of the molecule is C[C@@H](O)C[C@@]1(C)C(=O)NC2(COC2)c2ccc(Cl)cc21. The fourth-order valence-corrected chi connectivity index (χ4v) is 3.43. The summed E-state index contributed by atoms with van der Waals surface area (Å²) >= 11 is 6.12. The van der Waals surface area contributed by atoms with E-state index < -0.39 is 17.1 Å². The Balaban J connectivity index is 2.17. The van der Waals surface area contributed by atoms with Crippen molar-refractivity contribution in [3.05, 3.63) is 34.3 Å². The summed E-state index contributed by atoms with van der Waals surface area (Å²) in [6.07, 6.45) is -0.201. The van der Waals surface area contributed by atoms with Gasteiger partial charge in [-0.15, -0.1) is 0 Å². The Morgan fingerprint density at radius 1 is 1.45 bits per heavy atom. The number of aliphatic hydroxyl groups is 1. The molecule has 0 aliphatic carbocycles. The zero-order chi connectivity index (χ0) is 14.5. The summed E-state index contributed by atoms with van der Waals surface area (Å²) in [6.45, 7) is 4.52. The summed E-state index contributed by atoms with van der Waals surface area (Å²) in [7, 11) is 0. The predicted octanol–water partition coefficient (Wildman–Crippen LogP) is 1.72. The van der Waals surface area contributed by atoms with Crippen LogP contribution in [0.1, 0.15) is 31.4 Å². The van der Waals surface area contributed by atoms with Crippen LogP contribution in [0.25, 0.3) is 0 Å². The number of fused-ring (bicyclic) bond motifs is 2. The molecule has 108 valence electrons. The van der Waals surface area contributed by atoms with Gasteiger partial charge in [-0.05, 0) is 43.5 Å². The van der Waals surface area contributed by atoms with Gasteiger partial charge in [-0.1, -0.05) is 17.7 Å². The quantitative estimate of drug-likeness (QED) is 0.873. The van der Waals surface area contributed by atoms with Crippen molar-refractivity contribution in [2.24, 2.45) is 0 Å². The van der Waals surface area contributed by atoms with Crippen molar-refractivity contribution < 1.29 is 14.6 Å². The van der Waals surface area contributed by atoms with Crippen molar-refractivity contribution in [1.82, 2.24) is 5.32 Å². The van der Waals surface area contributed by atoms with Gasteiger partial charge in [0.2, 0.25) is 5.91 Å². The number of benzene rings is 1. The highest BCUT2D eigenvalue weighted by Gasteiger charge is 2.53. The molecule has 3 rings (SSSR count). The van der Waals surface area contributed by atoms with Crippen LogP contribution in [-0.2, 0) is 20.5 Å². The molecule has 2 aliphatic heterocycles. The molecule has 2 atom stereocenters. The first-order valence-electron chi connectivity index (χ1n) is 6.76. The maximum Gasteiger partial charge on any atom is 0.231 e. The van der Waals surface area contributed by atoms with Crippen LogP contribution >= 0.6 is 11.6 Å². The van der Waals surface area contributed by atoms with E-state index in [9.17, 15) is 9.90 Å². The van der Waals surface area contributed by atoms with E-state index in [-0.39, 0.29) is 5.91 Å². The minimum atomic E-state index is -0.769. The molecule has 2 heterocycles. The molecule has 2 N–H and O–H groups in total. The van der Waals surface area contributed by atoms with Crippen LogP contribution in [0.4, 0.5) is 0 Å². The van der Waals surface area contributed by atoms with E-state index in [2.05, 4.69) is 5.32 Å². The Labute approximate surface area is 123 Å². The molecule has 20 heavy (non-hydrogen) atoms. The van der Waals surface area contributed by atoms with Gasteiger partial charge in [0, 0.05) is 5.02 Å². The number of aliphatic hydroxyl groups excluding tert-OH is 1. The lowest BCUT2D eigenvalue weighted by molar-refractivity contribution is -0.143. The van der Waals surface area contributed by atoms with E-state index >= 15 is 0 Å². The number of hydrogen-bond donors (Lipinski definition) is 2. The number of carbonyl (C=O) groups excluding carboxylic acids is 1. The Bertz CT molecular complexity index is 568. The highest BCUT2D eigenvalue weighted by molar-refractivity contribution is 6.30. The highest BCUT2D eigenvalue weighted by atomic mass is 35.5. The van der Waals surface area contributed by atoms with E-state index in [1.807, 2.05) is 25.1 Å². The second-order valence-corrected chi connectivity index (χ2v) is 6.54. The van der Waals surface area contributed by atoms with Gasteiger partial charge in [-0.25, -0.2) is 0 Å². The van der Waals surface area contributed by atoms with Crippen LogP contribution in [0.2, 0.25) is 5.02 Å². The number of rotatable bonds is 2. The minimum Gasteiger partial charge on any atom is -0.393 e. The molecular weight excluding hydrogens is 278 g/mol. The van der Waals surface area contributed by atoms with E-state index in [1.165, 1.54) is 0 Å². The largest absolute Gasteiger partial charge is 0.393 e. The maximum absolute atomic E-state index is 12.6. The molecule has 1 amide bonds. The summed E-state index contributed by atoms with van der Waals surface area (Å²) in [4.78, 5) is 12.6. The number of amides is 1. The van der Waals surface area contributed by atoms with Crippen molar-refractivity contribution in [3.8, 4) is 0 Å². The minimum absolute atomic E-state index is 0.0727. The van der Waals surface area contributed by atoms with Crippen molar-refractivity contribution in [3.63, 3.8) is 0 Å². The third-order valence-electron chi connectivity index (χ3n) is 4.35. The average Bonchev–Trinajstić information content (AvgIpc) is 2.31. The summed E-state index contributed by atoms with van der Waals surface area (Å²) in [5.74, 6) is -0.0727. The van der Waals surface area contributed by atoms with Crippen molar-refractivity contribution in [1.29, 1.82) is 0 Å². The van der Waals surface area contributed by atoms with Crippen molar-refractivity contribution >= 4 is 17.5 Å². The first-order valence-corrected chi connectivity index (χ1v) is 7.14. The Morgan fingerprint density at radius 3 is 2.70 bits per heavy atom. The van der Waals surface area contributed by atoms with Crippen LogP contribution in [0.5, 0.6) is 0 Å². The van der Waals surface area contributed by atoms with Gasteiger partial charge in [-0.2, -0.15) is 0 Å². The van der Waals surface area contributed by atoms with Gasteiger partial charge in [-0.3, -0.25) is 4.79 Å². The third-order valence-corrected chi connectivity index (χ3v) is 4.58.